The van der Waals surface area contributed by atoms with E-state index in [1.165, 1.54) is 41.7 Å². The summed E-state index contributed by atoms with van der Waals surface area (Å²) in [6.07, 6.45) is 0. The largest absolute Gasteiger partial charge is 0.378 e. The molecule has 0 aromatic heterocycles. The first-order valence-electron chi connectivity index (χ1n) is 11.1. The Morgan fingerprint density at radius 3 is 2.31 bits per heavy atom. The minimum atomic E-state index is -3.89. The second-order valence-corrected chi connectivity index (χ2v) is 11.9. The minimum absolute atomic E-state index is 0.0304. The van der Waals surface area contributed by atoms with Gasteiger partial charge in [0.2, 0.25) is 20.0 Å². The van der Waals surface area contributed by atoms with Crippen LogP contribution in [0.25, 0.3) is 0 Å². The second kappa shape index (κ2) is 11.2. The standard InChI is InChI=1S/C22H29ClN4O6S2/c1-4-27(5-2)35(31,32)17-7-9-20(26-10-12-33-13-11-26)19(15-17)25-22(28)16-6-8-18(23)21(14-16)34(29,30)24-3/h6-9,14-15,24H,4-5,10-13H2,1-3H3,(H,25,28). The highest BCUT2D eigenvalue weighted by molar-refractivity contribution is 7.89. The zero-order valence-electron chi connectivity index (χ0n) is 19.7. The lowest BCUT2D eigenvalue weighted by atomic mass is 10.2. The third kappa shape index (κ3) is 5.96. The Hall–Kier alpha value is -2.22. The molecule has 0 radical (unpaired) electrons. The van der Waals surface area contributed by atoms with E-state index in [1.807, 2.05) is 4.90 Å². The van der Waals surface area contributed by atoms with Crippen LogP contribution in [0, 0.1) is 0 Å². The molecule has 0 saturated carbocycles. The predicted molar refractivity (Wildman–Crippen MR) is 135 cm³/mol. The number of rotatable bonds is 9. The SMILES string of the molecule is CCN(CC)S(=O)(=O)c1ccc(N2CCOCC2)c(NC(=O)c2ccc(Cl)c(S(=O)(=O)NC)c2)c1. The fourth-order valence-corrected chi connectivity index (χ4v) is 6.46. The van der Waals surface area contributed by atoms with Crippen molar-refractivity contribution >= 4 is 48.9 Å². The van der Waals surface area contributed by atoms with Crippen LogP contribution in [0.3, 0.4) is 0 Å². The van der Waals surface area contributed by atoms with E-state index in [0.717, 1.165) is 0 Å². The number of carbonyl (C=O) groups excluding carboxylic acids is 1. The molecule has 1 heterocycles. The van der Waals surface area contributed by atoms with Crippen molar-refractivity contribution in [3.05, 3.63) is 47.0 Å². The summed E-state index contributed by atoms with van der Waals surface area (Å²) in [5.74, 6) is -0.610. The minimum Gasteiger partial charge on any atom is -0.378 e. The molecule has 2 N–H and O–H groups in total. The van der Waals surface area contributed by atoms with Crippen molar-refractivity contribution in [2.45, 2.75) is 23.6 Å². The highest BCUT2D eigenvalue weighted by Crippen LogP contribution is 2.32. The smallest absolute Gasteiger partial charge is 0.255 e. The summed E-state index contributed by atoms with van der Waals surface area (Å²) in [5, 5.41) is 2.73. The number of carbonyl (C=O) groups is 1. The molecule has 0 aliphatic carbocycles. The maximum Gasteiger partial charge on any atom is 0.255 e. The van der Waals surface area contributed by atoms with Gasteiger partial charge in [-0.15, -0.1) is 0 Å². The van der Waals surface area contributed by atoms with Crippen molar-refractivity contribution in [2.24, 2.45) is 0 Å². The Balaban J connectivity index is 2.05. The Morgan fingerprint density at radius 2 is 1.71 bits per heavy atom. The van der Waals surface area contributed by atoms with Crippen LogP contribution in [0.15, 0.2) is 46.2 Å². The van der Waals surface area contributed by atoms with Gasteiger partial charge < -0.3 is 15.0 Å². The molecule has 10 nitrogen and oxygen atoms in total. The maximum atomic E-state index is 13.2. The van der Waals surface area contributed by atoms with Crippen LogP contribution in [-0.4, -0.2) is 73.5 Å². The highest BCUT2D eigenvalue weighted by atomic mass is 35.5. The van der Waals surface area contributed by atoms with Gasteiger partial charge in [-0.3, -0.25) is 4.79 Å². The van der Waals surface area contributed by atoms with Crippen molar-refractivity contribution in [2.75, 3.05) is 56.7 Å². The summed E-state index contributed by atoms with van der Waals surface area (Å²) in [4.78, 5) is 15.0. The number of ether oxygens (including phenoxy) is 1. The van der Waals surface area contributed by atoms with Crippen LogP contribution in [0.5, 0.6) is 0 Å². The molecular weight excluding hydrogens is 516 g/mol. The molecule has 0 atom stereocenters. The van der Waals surface area contributed by atoms with Gasteiger partial charge in [-0.1, -0.05) is 25.4 Å². The molecule has 1 aliphatic rings. The van der Waals surface area contributed by atoms with Crippen LogP contribution in [0.4, 0.5) is 11.4 Å². The lowest BCUT2D eigenvalue weighted by molar-refractivity contribution is 0.102. The number of nitrogens with zero attached hydrogens (tertiary/aromatic N) is 2. The number of sulfonamides is 2. The van der Waals surface area contributed by atoms with Gasteiger partial charge in [-0.05, 0) is 43.4 Å². The molecule has 0 unspecified atom stereocenters. The fraction of sp³-hybridized carbons (Fsp3) is 0.409. The van der Waals surface area contributed by atoms with Crippen LogP contribution in [-0.2, 0) is 24.8 Å². The van der Waals surface area contributed by atoms with Gasteiger partial charge in [0.15, 0.2) is 0 Å². The normalized spacial score (nSPS) is 14.8. The van der Waals surface area contributed by atoms with Gasteiger partial charge in [-0.25, -0.2) is 21.6 Å². The summed E-state index contributed by atoms with van der Waals surface area (Å²) in [6, 6.07) is 8.51. The zero-order valence-corrected chi connectivity index (χ0v) is 22.1. The van der Waals surface area contributed by atoms with Crippen LogP contribution >= 0.6 is 11.6 Å². The number of morpholine rings is 1. The molecule has 0 bridgehead atoms. The molecule has 1 fully saturated rings. The lowest BCUT2D eigenvalue weighted by Gasteiger charge is -2.31. The molecule has 13 heteroatoms. The predicted octanol–water partition coefficient (Wildman–Crippen LogP) is 2.37. The quantitative estimate of drug-likeness (QED) is 0.496. The topological polar surface area (TPSA) is 125 Å². The van der Waals surface area contributed by atoms with Gasteiger partial charge in [0.1, 0.15) is 4.90 Å². The van der Waals surface area contributed by atoms with Gasteiger partial charge in [0, 0.05) is 31.7 Å². The third-order valence-corrected chi connectivity index (χ3v) is 9.60. The van der Waals surface area contributed by atoms with Crippen molar-refractivity contribution < 1.29 is 26.4 Å². The number of anilines is 2. The van der Waals surface area contributed by atoms with E-state index >= 15 is 0 Å². The van der Waals surface area contributed by atoms with E-state index in [0.29, 0.717) is 45.1 Å². The maximum absolute atomic E-state index is 13.2. The summed E-state index contributed by atoms with van der Waals surface area (Å²) < 4.78 is 59.7. The molecule has 1 saturated heterocycles. The molecule has 192 valence electrons. The first-order chi connectivity index (χ1) is 16.5. The first kappa shape index (κ1) is 27.4. The Kier molecular flexibility index (Phi) is 8.78. The van der Waals surface area contributed by atoms with Crippen LogP contribution in [0.2, 0.25) is 5.02 Å². The number of hydrogen-bond donors (Lipinski definition) is 2. The molecule has 3 rings (SSSR count). The summed E-state index contributed by atoms with van der Waals surface area (Å²) in [5.41, 5.74) is 0.975. The summed E-state index contributed by atoms with van der Waals surface area (Å²) >= 11 is 6.04. The first-order valence-corrected chi connectivity index (χ1v) is 14.4. The van der Waals surface area contributed by atoms with Gasteiger partial charge in [0.25, 0.3) is 5.91 Å². The Labute approximate surface area is 211 Å². The Bertz CT molecular complexity index is 1290. The molecule has 2 aromatic carbocycles. The molecular formula is C22H29ClN4O6S2. The summed E-state index contributed by atoms with van der Waals surface area (Å²) in [7, 11) is -6.42. The second-order valence-electron chi connectivity index (χ2n) is 7.67. The van der Waals surface area contributed by atoms with Gasteiger partial charge in [-0.2, -0.15) is 4.31 Å². The average Bonchev–Trinajstić information content (AvgIpc) is 2.85. The van der Waals surface area contributed by atoms with E-state index in [9.17, 15) is 21.6 Å². The van der Waals surface area contributed by atoms with Gasteiger partial charge >= 0.3 is 0 Å². The van der Waals surface area contributed by atoms with Crippen LogP contribution in [0.1, 0.15) is 24.2 Å². The number of hydrogen-bond acceptors (Lipinski definition) is 7. The average molecular weight is 545 g/mol. The number of benzene rings is 2. The lowest BCUT2D eigenvalue weighted by Crippen LogP contribution is -2.37. The van der Waals surface area contributed by atoms with E-state index in [4.69, 9.17) is 16.3 Å². The van der Waals surface area contributed by atoms with Crippen molar-refractivity contribution in [3.63, 3.8) is 0 Å². The molecule has 1 amide bonds. The van der Waals surface area contributed by atoms with E-state index < -0.39 is 26.0 Å². The number of nitrogens with one attached hydrogen (secondary N) is 2. The van der Waals surface area contributed by atoms with E-state index in [1.54, 1.807) is 19.9 Å². The monoisotopic (exact) mass is 544 g/mol. The van der Waals surface area contributed by atoms with Crippen molar-refractivity contribution in [1.29, 1.82) is 0 Å². The van der Waals surface area contributed by atoms with Crippen LogP contribution < -0.4 is 14.9 Å². The molecule has 1 aliphatic heterocycles. The van der Waals surface area contributed by atoms with Crippen molar-refractivity contribution in [3.8, 4) is 0 Å². The van der Waals surface area contributed by atoms with E-state index in [2.05, 4.69) is 10.0 Å². The summed E-state index contributed by atoms with van der Waals surface area (Å²) in [6.45, 7) is 6.24. The number of amides is 1. The van der Waals surface area contributed by atoms with Crippen molar-refractivity contribution in [1.82, 2.24) is 9.03 Å². The highest BCUT2D eigenvalue weighted by Gasteiger charge is 2.25. The Morgan fingerprint density at radius 1 is 1.06 bits per heavy atom. The number of halogens is 1. The molecule has 35 heavy (non-hydrogen) atoms. The molecule has 0 spiro atoms. The zero-order chi connectivity index (χ0) is 25.8. The molecule has 2 aromatic rings. The third-order valence-electron chi connectivity index (χ3n) is 5.66. The van der Waals surface area contributed by atoms with Gasteiger partial charge in [0.05, 0.1) is 34.5 Å². The van der Waals surface area contributed by atoms with E-state index in [-0.39, 0.29) is 26.1 Å². The fourth-order valence-electron chi connectivity index (χ4n) is 3.72.